The highest BCUT2D eigenvalue weighted by Crippen LogP contribution is 2.31. The number of nitrogens with zero attached hydrogens (tertiary/aromatic N) is 1. The average Bonchev–Trinajstić information content (AvgIpc) is 3.16. The van der Waals surface area contributed by atoms with Crippen LogP contribution in [0, 0.1) is 17.5 Å². The van der Waals surface area contributed by atoms with Crippen molar-refractivity contribution in [3.8, 4) is 0 Å². The van der Waals surface area contributed by atoms with E-state index >= 15 is 0 Å². The Morgan fingerprint density at radius 3 is 2.25 bits per heavy atom. The third kappa shape index (κ3) is 5.54. The van der Waals surface area contributed by atoms with Gasteiger partial charge in [-0.2, -0.15) is 5.10 Å². The number of carbonyl (C=O) groups excluding carboxylic acids is 2. The van der Waals surface area contributed by atoms with Gasteiger partial charge in [-0.3, -0.25) is 14.7 Å². The lowest BCUT2D eigenvalue weighted by Crippen LogP contribution is -2.42. The number of nitrogens with one attached hydrogen (secondary N) is 3. The second-order valence-electron chi connectivity index (χ2n) is 8.03. The summed E-state index contributed by atoms with van der Waals surface area (Å²) < 4.78 is 39.7. The van der Waals surface area contributed by atoms with Crippen LogP contribution < -0.4 is 10.6 Å². The maximum Gasteiger partial charge on any atom is 0.247 e. The van der Waals surface area contributed by atoms with E-state index in [1.54, 1.807) is 18.2 Å². The molecule has 2 amide bonds. The Balaban J connectivity index is 1.60. The first-order chi connectivity index (χ1) is 15.0. The molecule has 3 N–H and O–H groups in total. The Morgan fingerprint density at radius 1 is 1.00 bits per heavy atom. The second-order valence-corrected chi connectivity index (χ2v) is 8.03. The largest absolute Gasteiger partial charge is 0.344 e. The van der Waals surface area contributed by atoms with Gasteiger partial charge in [-0.05, 0) is 42.3 Å². The molecule has 0 bridgehead atoms. The van der Waals surface area contributed by atoms with E-state index in [-0.39, 0.29) is 23.6 Å². The minimum absolute atomic E-state index is 0.160. The molecular formula is C23H23F3N4O2. The molecule has 9 heteroatoms. The normalized spacial score (nSPS) is 12.3. The van der Waals surface area contributed by atoms with Gasteiger partial charge >= 0.3 is 0 Å². The molecule has 0 fully saturated rings. The summed E-state index contributed by atoms with van der Waals surface area (Å²) in [4.78, 5) is 24.6. The SMILES string of the molecule is C[C@H](NC(=O)Cc1cc(F)cc(F)c1)C(=O)Nc1cc(C(C)(C)c2ccc(F)cc2)[nH]n1. The molecule has 0 aliphatic carbocycles. The van der Waals surface area contributed by atoms with E-state index in [2.05, 4.69) is 20.8 Å². The van der Waals surface area contributed by atoms with Gasteiger partial charge in [-0.1, -0.05) is 26.0 Å². The number of aromatic nitrogens is 2. The molecule has 1 aromatic heterocycles. The smallest absolute Gasteiger partial charge is 0.247 e. The van der Waals surface area contributed by atoms with Gasteiger partial charge in [0.25, 0.3) is 0 Å². The van der Waals surface area contributed by atoms with Crippen LogP contribution in [0.25, 0.3) is 0 Å². The van der Waals surface area contributed by atoms with Crippen LogP contribution in [0.2, 0.25) is 0 Å². The van der Waals surface area contributed by atoms with Gasteiger partial charge in [0, 0.05) is 23.2 Å². The Hall–Kier alpha value is -3.62. The molecule has 0 aliphatic rings. The van der Waals surface area contributed by atoms with Crippen LogP contribution in [-0.4, -0.2) is 28.1 Å². The molecule has 6 nitrogen and oxygen atoms in total. The number of rotatable bonds is 7. The number of hydrogen-bond donors (Lipinski definition) is 3. The summed E-state index contributed by atoms with van der Waals surface area (Å²) in [5.74, 6) is -2.71. The number of anilines is 1. The number of benzene rings is 2. The molecule has 0 saturated carbocycles. The van der Waals surface area contributed by atoms with Gasteiger partial charge in [0.2, 0.25) is 11.8 Å². The first-order valence-electron chi connectivity index (χ1n) is 9.91. The highest BCUT2D eigenvalue weighted by atomic mass is 19.1. The fraction of sp³-hybridized carbons (Fsp3) is 0.261. The Labute approximate surface area is 183 Å². The minimum Gasteiger partial charge on any atom is -0.344 e. The van der Waals surface area contributed by atoms with Crippen molar-refractivity contribution in [2.24, 2.45) is 0 Å². The van der Waals surface area contributed by atoms with E-state index in [1.807, 2.05) is 13.8 Å². The molecule has 0 unspecified atom stereocenters. The van der Waals surface area contributed by atoms with Crippen LogP contribution in [0.4, 0.5) is 19.0 Å². The maximum atomic E-state index is 13.3. The number of aromatic amines is 1. The number of halogens is 3. The molecule has 3 aromatic rings. The third-order valence-electron chi connectivity index (χ3n) is 5.13. The van der Waals surface area contributed by atoms with Crippen molar-refractivity contribution in [1.29, 1.82) is 0 Å². The molecule has 168 valence electrons. The zero-order valence-electron chi connectivity index (χ0n) is 17.8. The molecule has 0 spiro atoms. The van der Waals surface area contributed by atoms with Gasteiger partial charge in [0.15, 0.2) is 5.82 Å². The lowest BCUT2D eigenvalue weighted by Gasteiger charge is -2.23. The minimum atomic E-state index is -0.911. The summed E-state index contributed by atoms with van der Waals surface area (Å²) in [5, 5.41) is 12.1. The van der Waals surface area contributed by atoms with Crippen molar-refractivity contribution >= 4 is 17.6 Å². The highest BCUT2D eigenvalue weighted by molar-refractivity contribution is 5.96. The van der Waals surface area contributed by atoms with Crippen LogP contribution in [0.1, 0.15) is 37.6 Å². The van der Waals surface area contributed by atoms with Gasteiger partial charge < -0.3 is 10.6 Å². The van der Waals surface area contributed by atoms with E-state index in [1.165, 1.54) is 19.1 Å². The van der Waals surface area contributed by atoms with Crippen LogP contribution in [0.5, 0.6) is 0 Å². The quantitative estimate of drug-likeness (QED) is 0.518. The second kappa shape index (κ2) is 9.25. The van der Waals surface area contributed by atoms with Crippen molar-refractivity contribution in [2.75, 3.05) is 5.32 Å². The van der Waals surface area contributed by atoms with Crippen molar-refractivity contribution in [2.45, 2.75) is 38.6 Å². The molecule has 0 aliphatic heterocycles. The lowest BCUT2D eigenvalue weighted by atomic mass is 9.81. The molecule has 1 heterocycles. The van der Waals surface area contributed by atoms with Gasteiger partial charge in [0.05, 0.1) is 6.42 Å². The van der Waals surface area contributed by atoms with E-state index < -0.39 is 34.9 Å². The van der Waals surface area contributed by atoms with Gasteiger partial charge in [-0.25, -0.2) is 13.2 Å². The average molecular weight is 444 g/mol. The van der Waals surface area contributed by atoms with Gasteiger partial charge in [-0.15, -0.1) is 0 Å². The number of carbonyl (C=O) groups is 2. The first-order valence-corrected chi connectivity index (χ1v) is 9.91. The molecule has 0 radical (unpaired) electrons. The predicted octanol–water partition coefficient (Wildman–Crippen LogP) is 3.84. The van der Waals surface area contributed by atoms with Crippen molar-refractivity contribution in [3.63, 3.8) is 0 Å². The summed E-state index contributed by atoms with van der Waals surface area (Å²) in [6, 6.07) is 9.68. The van der Waals surface area contributed by atoms with Crippen LogP contribution >= 0.6 is 0 Å². The molecule has 3 rings (SSSR count). The fourth-order valence-electron chi connectivity index (χ4n) is 3.22. The van der Waals surface area contributed by atoms with E-state index in [0.29, 0.717) is 11.8 Å². The molecule has 1 atom stereocenters. The molecular weight excluding hydrogens is 421 g/mol. The highest BCUT2D eigenvalue weighted by Gasteiger charge is 2.26. The van der Waals surface area contributed by atoms with Crippen molar-refractivity contribution < 1.29 is 22.8 Å². The van der Waals surface area contributed by atoms with E-state index in [4.69, 9.17) is 0 Å². The Bertz CT molecular complexity index is 1110. The summed E-state index contributed by atoms with van der Waals surface area (Å²) in [7, 11) is 0. The standard InChI is InChI=1S/C23H23F3N4O2/c1-13(27-21(31)10-14-8-17(25)11-18(26)9-14)22(32)28-20-12-19(29-30-20)23(2,3)15-4-6-16(24)7-5-15/h4-9,11-13H,10H2,1-3H3,(H,27,31)(H2,28,29,30,32)/t13-/m0/s1. The zero-order chi connectivity index (χ0) is 23.5. The molecule has 0 saturated heterocycles. The van der Waals surface area contributed by atoms with Crippen LogP contribution in [0.3, 0.4) is 0 Å². The fourth-order valence-corrected chi connectivity index (χ4v) is 3.22. The first kappa shape index (κ1) is 23.1. The summed E-state index contributed by atoms with van der Waals surface area (Å²) >= 11 is 0. The van der Waals surface area contributed by atoms with E-state index in [9.17, 15) is 22.8 Å². The number of H-pyrrole nitrogens is 1. The van der Waals surface area contributed by atoms with Crippen LogP contribution in [-0.2, 0) is 21.4 Å². The number of amides is 2. The maximum absolute atomic E-state index is 13.3. The number of hydrogen-bond acceptors (Lipinski definition) is 3. The zero-order valence-corrected chi connectivity index (χ0v) is 17.8. The van der Waals surface area contributed by atoms with Crippen molar-refractivity contribution in [1.82, 2.24) is 15.5 Å². The topological polar surface area (TPSA) is 86.9 Å². The third-order valence-corrected chi connectivity index (χ3v) is 5.13. The summed E-state index contributed by atoms with van der Waals surface area (Å²) in [6.45, 7) is 5.34. The van der Waals surface area contributed by atoms with E-state index in [0.717, 1.165) is 17.7 Å². The molecule has 2 aromatic carbocycles. The van der Waals surface area contributed by atoms with Crippen molar-refractivity contribution in [3.05, 3.63) is 82.8 Å². The summed E-state index contributed by atoms with van der Waals surface area (Å²) in [6.07, 6.45) is -0.273. The summed E-state index contributed by atoms with van der Waals surface area (Å²) in [5.41, 5.74) is 1.19. The monoisotopic (exact) mass is 444 g/mol. The lowest BCUT2D eigenvalue weighted by molar-refractivity contribution is -0.125. The Morgan fingerprint density at radius 2 is 1.62 bits per heavy atom. The van der Waals surface area contributed by atoms with Crippen LogP contribution in [0.15, 0.2) is 48.5 Å². The van der Waals surface area contributed by atoms with Gasteiger partial charge in [0.1, 0.15) is 23.5 Å². The Kier molecular flexibility index (Phi) is 6.67. The predicted molar refractivity (Wildman–Crippen MR) is 113 cm³/mol. The molecule has 32 heavy (non-hydrogen) atoms.